The van der Waals surface area contributed by atoms with Gasteiger partial charge in [0.05, 0.1) is 22.8 Å². The Hall–Kier alpha value is -4.85. The van der Waals surface area contributed by atoms with Gasteiger partial charge in [0, 0.05) is 80.8 Å². The Morgan fingerprint density at radius 2 is 1.39 bits per heavy atom. The lowest BCUT2D eigenvalue weighted by atomic mass is 9.89. The molecule has 8 rings (SSSR count). The number of aromatic nitrogens is 6. The predicted octanol–water partition coefficient (Wildman–Crippen LogP) is 4.99. The molecule has 2 unspecified atom stereocenters. The highest BCUT2D eigenvalue weighted by Gasteiger charge is 2.34. The quantitative estimate of drug-likeness (QED) is 0.287. The SMILES string of the molecule is N#CC1=C(Cl)c2cc(Cl)ncc2CC1=O.N#CC1=C(N2CCC(n3cccn3)C2)c2cc(Cl)ncc2CC1=O.c1cnn(C2CCNC2)c1. The molecule has 2 fully saturated rings. The average molecular weight is 716 g/mol. The first-order valence-corrected chi connectivity index (χ1v) is 16.6. The molecular formula is C34H29Cl3N10O2. The Balaban J connectivity index is 0.000000141. The molecule has 0 amide bonds. The zero-order valence-corrected chi connectivity index (χ0v) is 28.3. The van der Waals surface area contributed by atoms with E-state index in [-0.39, 0.29) is 46.6 Å². The first-order chi connectivity index (χ1) is 23.8. The molecule has 4 aromatic rings. The molecule has 0 aromatic carbocycles. The number of carbonyl (C=O) groups excluding carboxylic acids is 2. The van der Waals surface area contributed by atoms with Crippen LogP contribution in [0.25, 0.3) is 10.7 Å². The van der Waals surface area contributed by atoms with E-state index >= 15 is 0 Å². The maximum absolute atomic E-state index is 12.4. The Kier molecular flexibility index (Phi) is 10.5. The molecule has 6 heterocycles. The van der Waals surface area contributed by atoms with Gasteiger partial charge in [-0.15, -0.1) is 0 Å². The second kappa shape index (κ2) is 15.1. The van der Waals surface area contributed by atoms with Gasteiger partial charge in [0.25, 0.3) is 0 Å². The smallest absolute Gasteiger partial charge is 0.179 e. The summed E-state index contributed by atoms with van der Waals surface area (Å²) in [6, 6.07) is 11.9. The number of ketones is 2. The summed E-state index contributed by atoms with van der Waals surface area (Å²) in [4.78, 5) is 33.8. The normalized spacial score (nSPS) is 19.7. The standard InChI is InChI=1S/C17H14ClN5O.C10H4Cl2N2O.C7H11N3/c18-16-7-13-11(9-20-16)6-15(24)14(8-19)17(13)22-5-2-12(10-22)23-4-1-3-21-23;11-9-2-6-5(4-14-9)1-8(15)7(3-13)10(6)12;1-3-9-10(5-1)7-2-4-8-6-7/h1,3-4,7,9,12H,2,5-6,10H2;2,4H,1H2;1,3,5,7-8H,2,4,6H2. The number of rotatable bonds is 3. The molecule has 49 heavy (non-hydrogen) atoms. The van der Waals surface area contributed by atoms with Crippen molar-refractivity contribution < 1.29 is 9.59 Å². The third-order valence-corrected chi connectivity index (χ3v) is 9.46. The maximum Gasteiger partial charge on any atom is 0.179 e. The third kappa shape index (κ3) is 7.43. The number of likely N-dealkylation sites (tertiary alicyclic amines) is 1. The van der Waals surface area contributed by atoms with E-state index in [1.807, 2.05) is 40.1 Å². The van der Waals surface area contributed by atoms with Crippen molar-refractivity contribution in [1.82, 2.24) is 39.7 Å². The fourth-order valence-corrected chi connectivity index (χ4v) is 6.88. The van der Waals surface area contributed by atoms with Gasteiger partial charge in [0.2, 0.25) is 0 Å². The van der Waals surface area contributed by atoms with E-state index in [1.54, 1.807) is 30.6 Å². The van der Waals surface area contributed by atoms with Crippen molar-refractivity contribution in [2.24, 2.45) is 0 Å². The first kappa shape index (κ1) is 34.0. The Morgan fingerprint density at radius 1 is 0.796 bits per heavy atom. The van der Waals surface area contributed by atoms with E-state index in [0.717, 1.165) is 37.2 Å². The summed E-state index contributed by atoms with van der Waals surface area (Å²) in [6.07, 6.45) is 13.2. The van der Waals surface area contributed by atoms with Crippen LogP contribution in [0.3, 0.4) is 0 Å². The van der Waals surface area contributed by atoms with Gasteiger partial charge in [0.15, 0.2) is 11.6 Å². The summed E-state index contributed by atoms with van der Waals surface area (Å²) in [5.74, 6) is -0.439. The van der Waals surface area contributed by atoms with Crippen LogP contribution in [0, 0.1) is 22.7 Å². The molecule has 2 aliphatic heterocycles. The number of nitriles is 2. The molecular weight excluding hydrogens is 687 g/mol. The largest absolute Gasteiger partial charge is 0.368 e. The molecule has 0 saturated carbocycles. The molecule has 2 atom stereocenters. The zero-order chi connectivity index (χ0) is 34.5. The highest BCUT2D eigenvalue weighted by molar-refractivity contribution is 6.52. The van der Waals surface area contributed by atoms with Gasteiger partial charge in [-0.1, -0.05) is 34.8 Å². The highest BCUT2D eigenvalue weighted by atomic mass is 35.5. The number of fused-ring (bicyclic) bond motifs is 2. The minimum atomic E-state index is -0.279. The number of nitrogens with one attached hydrogen (secondary N) is 1. The van der Waals surface area contributed by atoms with E-state index in [0.29, 0.717) is 39.7 Å². The molecule has 12 nitrogen and oxygen atoms in total. The molecule has 0 bridgehead atoms. The maximum atomic E-state index is 12.4. The number of Topliss-reactive ketones (excluding diaryl/α,β-unsaturated/α-hetero) is 2. The molecule has 248 valence electrons. The monoisotopic (exact) mass is 714 g/mol. The fraction of sp³-hybridized carbons (Fsp3) is 0.294. The number of hydrogen-bond donors (Lipinski definition) is 1. The summed E-state index contributed by atoms with van der Waals surface area (Å²) >= 11 is 17.7. The van der Waals surface area contributed by atoms with Crippen LogP contribution in [-0.2, 0) is 22.4 Å². The van der Waals surface area contributed by atoms with Gasteiger partial charge in [-0.05, 0) is 54.8 Å². The van der Waals surface area contributed by atoms with Crippen LogP contribution in [0.5, 0.6) is 0 Å². The van der Waals surface area contributed by atoms with Crippen LogP contribution in [-0.4, -0.2) is 72.2 Å². The van der Waals surface area contributed by atoms with Crippen LogP contribution < -0.4 is 5.32 Å². The van der Waals surface area contributed by atoms with Crippen LogP contribution in [0.15, 0.2) is 72.6 Å². The number of halogens is 3. The number of pyridine rings is 2. The van der Waals surface area contributed by atoms with Crippen LogP contribution in [0.4, 0.5) is 0 Å². The van der Waals surface area contributed by atoms with E-state index in [1.165, 1.54) is 12.6 Å². The van der Waals surface area contributed by atoms with Crippen LogP contribution in [0.1, 0.15) is 47.2 Å². The van der Waals surface area contributed by atoms with Gasteiger partial charge in [-0.2, -0.15) is 20.7 Å². The van der Waals surface area contributed by atoms with Gasteiger partial charge in [-0.25, -0.2) is 9.97 Å². The fourth-order valence-electron chi connectivity index (χ4n) is 6.24. The first-order valence-electron chi connectivity index (χ1n) is 15.5. The van der Waals surface area contributed by atoms with Crippen molar-refractivity contribution in [1.29, 1.82) is 10.5 Å². The summed E-state index contributed by atoms with van der Waals surface area (Å²) in [7, 11) is 0. The van der Waals surface area contributed by atoms with Gasteiger partial charge < -0.3 is 10.2 Å². The van der Waals surface area contributed by atoms with E-state index in [9.17, 15) is 14.9 Å². The van der Waals surface area contributed by atoms with E-state index < -0.39 is 0 Å². The van der Waals surface area contributed by atoms with Gasteiger partial charge in [0.1, 0.15) is 33.6 Å². The van der Waals surface area contributed by atoms with Crippen molar-refractivity contribution >= 4 is 57.1 Å². The lowest BCUT2D eigenvalue weighted by molar-refractivity contribution is -0.115. The van der Waals surface area contributed by atoms with Crippen molar-refractivity contribution in [2.45, 2.75) is 37.8 Å². The van der Waals surface area contributed by atoms with Gasteiger partial charge in [-0.3, -0.25) is 19.0 Å². The second-order valence-electron chi connectivity index (χ2n) is 11.7. The minimum Gasteiger partial charge on any atom is -0.368 e. The summed E-state index contributed by atoms with van der Waals surface area (Å²) in [5.41, 5.74) is 3.87. The lowest BCUT2D eigenvalue weighted by Crippen LogP contribution is -2.27. The van der Waals surface area contributed by atoms with E-state index in [4.69, 9.17) is 40.1 Å². The summed E-state index contributed by atoms with van der Waals surface area (Å²) < 4.78 is 3.96. The molecule has 0 radical (unpaired) electrons. The molecule has 15 heteroatoms. The molecule has 1 N–H and O–H groups in total. The van der Waals surface area contributed by atoms with E-state index in [2.05, 4.69) is 36.5 Å². The van der Waals surface area contributed by atoms with Crippen molar-refractivity contribution in [3.05, 3.63) is 105 Å². The topological polar surface area (TPSA) is 158 Å². The van der Waals surface area contributed by atoms with Crippen molar-refractivity contribution in [3.63, 3.8) is 0 Å². The number of allylic oxidation sites excluding steroid dienone is 2. The highest BCUT2D eigenvalue weighted by Crippen LogP contribution is 2.37. The predicted molar refractivity (Wildman–Crippen MR) is 183 cm³/mol. The summed E-state index contributed by atoms with van der Waals surface area (Å²) in [5, 5.41) is 30.9. The Bertz CT molecular complexity index is 2020. The van der Waals surface area contributed by atoms with Gasteiger partial charge >= 0.3 is 0 Å². The zero-order valence-electron chi connectivity index (χ0n) is 26.1. The Labute approximate surface area is 297 Å². The van der Waals surface area contributed by atoms with Crippen LogP contribution >= 0.6 is 34.8 Å². The number of carbonyl (C=O) groups is 2. The molecule has 2 saturated heterocycles. The molecule has 4 aliphatic rings. The van der Waals surface area contributed by atoms with Crippen molar-refractivity contribution in [3.8, 4) is 12.1 Å². The Morgan fingerprint density at radius 3 is 1.96 bits per heavy atom. The molecule has 4 aromatic heterocycles. The minimum absolute atomic E-state index is 0.00793. The average Bonchev–Trinajstić information content (AvgIpc) is 3.93. The second-order valence-corrected chi connectivity index (χ2v) is 12.8. The molecule has 2 aliphatic carbocycles. The van der Waals surface area contributed by atoms with Crippen LogP contribution in [0.2, 0.25) is 10.3 Å². The lowest BCUT2D eigenvalue weighted by Gasteiger charge is -2.28. The number of nitrogens with zero attached hydrogens (tertiary/aromatic N) is 9. The van der Waals surface area contributed by atoms with Crippen molar-refractivity contribution in [2.75, 3.05) is 26.2 Å². The molecule has 0 spiro atoms. The summed E-state index contributed by atoms with van der Waals surface area (Å²) in [6.45, 7) is 3.67. The number of hydrogen-bond acceptors (Lipinski definition) is 10. The third-order valence-electron chi connectivity index (χ3n) is 8.65.